The van der Waals surface area contributed by atoms with Gasteiger partial charge in [0.2, 0.25) is 0 Å². The number of rotatable bonds is 2. The third kappa shape index (κ3) is 3.19. The van der Waals surface area contributed by atoms with E-state index < -0.39 is 27.4 Å². The summed E-state index contributed by atoms with van der Waals surface area (Å²) in [4.78, 5) is 28.4. The maximum absolute atomic E-state index is 11.8. The van der Waals surface area contributed by atoms with E-state index >= 15 is 0 Å². The number of hydrogen-bond acceptors (Lipinski definition) is 6. The number of anilines is 1. The topological polar surface area (TPSA) is 114 Å². The third-order valence-corrected chi connectivity index (χ3v) is 5.68. The molecule has 9 heteroatoms. The number of carbonyl (C=O) groups excluding carboxylic acids is 2. The summed E-state index contributed by atoms with van der Waals surface area (Å²) in [5.41, 5.74) is 0.250. The Morgan fingerprint density at radius 2 is 2.13 bits per heavy atom. The minimum atomic E-state index is -3.15. The van der Waals surface area contributed by atoms with E-state index in [9.17, 15) is 18.0 Å². The Kier molecular flexibility index (Phi) is 3.59. The van der Waals surface area contributed by atoms with E-state index in [1.165, 1.54) is 0 Å². The molecule has 1 aromatic rings. The molecule has 2 aliphatic heterocycles. The van der Waals surface area contributed by atoms with E-state index in [4.69, 9.17) is 4.84 Å². The van der Waals surface area contributed by atoms with E-state index in [1.54, 1.807) is 31.2 Å². The third-order valence-electron chi connectivity index (χ3n) is 3.77. The summed E-state index contributed by atoms with van der Waals surface area (Å²) in [7, 11) is -3.15. The smallest absolute Gasteiger partial charge is 0.320 e. The standard InChI is InChI=1S/C14H15N3O5S/c1-14(6-7-23(20,21)8-14)16-13(19)22-17-11-9-4-2-3-5-10(9)15-12(11)18/h2-5H,6-8H2,1H3,(H,16,19)(H,15,17,18). The van der Waals surface area contributed by atoms with Gasteiger partial charge in [0.1, 0.15) is 0 Å². The highest BCUT2D eigenvalue weighted by molar-refractivity contribution is 7.91. The number of amides is 2. The van der Waals surface area contributed by atoms with Crippen LogP contribution in [0.5, 0.6) is 0 Å². The molecule has 1 fully saturated rings. The molecule has 2 amide bonds. The molecule has 3 rings (SSSR count). The number of fused-ring (bicyclic) bond motifs is 1. The predicted molar refractivity (Wildman–Crippen MR) is 82.9 cm³/mol. The van der Waals surface area contributed by atoms with Crippen LogP contribution in [0.1, 0.15) is 18.9 Å². The zero-order valence-electron chi connectivity index (χ0n) is 12.3. The van der Waals surface area contributed by atoms with Gasteiger partial charge in [-0.3, -0.25) is 9.63 Å². The van der Waals surface area contributed by atoms with Crippen molar-refractivity contribution in [3.63, 3.8) is 0 Å². The summed E-state index contributed by atoms with van der Waals surface area (Å²) in [6.45, 7) is 1.63. The van der Waals surface area contributed by atoms with Crippen molar-refractivity contribution in [1.82, 2.24) is 5.32 Å². The van der Waals surface area contributed by atoms with Crippen molar-refractivity contribution in [2.24, 2.45) is 5.16 Å². The van der Waals surface area contributed by atoms with Crippen molar-refractivity contribution in [1.29, 1.82) is 0 Å². The van der Waals surface area contributed by atoms with Gasteiger partial charge in [-0.15, -0.1) is 0 Å². The van der Waals surface area contributed by atoms with Gasteiger partial charge in [0.25, 0.3) is 5.91 Å². The first-order chi connectivity index (χ1) is 10.8. The van der Waals surface area contributed by atoms with Crippen molar-refractivity contribution in [3.05, 3.63) is 29.8 Å². The van der Waals surface area contributed by atoms with Gasteiger partial charge in [-0.05, 0) is 19.4 Å². The number of oxime groups is 1. The first-order valence-corrected chi connectivity index (χ1v) is 8.79. The number of sulfone groups is 1. The highest BCUT2D eigenvalue weighted by Gasteiger charge is 2.40. The lowest BCUT2D eigenvalue weighted by Gasteiger charge is -2.22. The van der Waals surface area contributed by atoms with Gasteiger partial charge in [-0.1, -0.05) is 23.4 Å². The maximum Gasteiger partial charge on any atom is 0.433 e. The van der Waals surface area contributed by atoms with Crippen molar-refractivity contribution < 1.29 is 22.8 Å². The van der Waals surface area contributed by atoms with E-state index in [0.29, 0.717) is 17.7 Å². The summed E-state index contributed by atoms with van der Waals surface area (Å²) in [5.74, 6) is -0.586. The molecule has 1 atom stereocenters. The number of carbonyl (C=O) groups is 2. The van der Waals surface area contributed by atoms with Gasteiger partial charge in [-0.25, -0.2) is 13.2 Å². The molecule has 8 nitrogen and oxygen atoms in total. The van der Waals surface area contributed by atoms with Crippen LogP contribution in [0.15, 0.2) is 29.4 Å². The van der Waals surface area contributed by atoms with Gasteiger partial charge in [0.15, 0.2) is 15.5 Å². The zero-order valence-corrected chi connectivity index (χ0v) is 13.1. The molecule has 122 valence electrons. The number of nitrogens with one attached hydrogen (secondary N) is 2. The number of para-hydroxylation sites is 1. The lowest BCUT2D eigenvalue weighted by molar-refractivity contribution is -0.110. The summed E-state index contributed by atoms with van der Waals surface area (Å²) in [6, 6.07) is 6.88. The quantitative estimate of drug-likeness (QED) is 0.607. The minimum Gasteiger partial charge on any atom is -0.320 e. The second kappa shape index (κ2) is 5.34. The van der Waals surface area contributed by atoms with Crippen LogP contribution in [0, 0.1) is 0 Å². The second-order valence-electron chi connectivity index (χ2n) is 5.85. The molecule has 0 radical (unpaired) electrons. The van der Waals surface area contributed by atoms with Crippen LogP contribution in [0.4, 0.5) is 10.5 Å². The molecule has 0 aliphatic carbocycles. The summed E-state index contributed by atoms with van der Waals surface area (Å²) in [6.07, 6.45) is -0.584. The molecule has 2 N–H and O–H groups in total. The van der Waals surface area contributed by atoms with Gasteiger partial charge in [0.05, 0.1) is 22.7 Å². The summed E-state index contributed by atoms with van der Waals surface area (Å²) < 4.78 is 23.0. The second-order valence-corrected chi connectivity index (χ2v) is 8.03. The largest absolute Gasteiger partial charge is 0.433 e. The van der Waals surface area contributed by atoms with Crippen LogP contribution in [-0.2, 0) is 19.5 Å². The van der Waals surface area contributed by atoms with Gasteiger partial charge in [-0.2, -0.15) is 0 Å². The van der Waals surface area contributed by atoms with E-state index in [-0.39, 0.29) is 17.2 Å². The highest BCUT2D eigenvalue weighted by Crippen LogP contribution is 2.24. The molecule has 23 heavy (non-hydrogen) atoms. The molecule has 2 aliphatic rings. The Morgan fingerprint density at radius 1 is 1.39 bits per heavy atom. The summed E-state index contributed by atoms with van der Waals surface area (Å²) >= 11 is 0. The van der Waals surface area contributed by atoms with Gasteiger partial charge in [0, 0.05) is 5.56 Å². The Balaban J connectivity index is 1.69. The Bertz CT molecular complexity index is 817. The van der Waals surface area contributed by atoms with Crippen LogP contribution in [0.25, 0.3) is 0 Å². The highest BCUT2D eigenvalue weighted by atomic mass is 32.2. The van der Waals surface area contributed by atoms with Gasteiger partial charge >= 0.3 is 6.09 Å². The molecule has 1 aromatic carbocycles. The lowest BCUT2D eigenvalue weighted by Crippen LogP contribution is -2.46. The van der Waals surface area contributed by atoms with E-state index in [2.05, 4.69) is 15.8 Å². The summed E-state index contributed by atoms with van der Waals surface area (Å²) in [5, 5.41) is 8.69. The molecular weight excluding hydrogens is 322 g/mol. The van der Waals surface area contributed by atoms with Gasteiger partial charge < -0.3 is 10.6 Å². The Hall–Kier alpha value is -2.42. The number of hydrogen-bond donors (Lipinski definition) is 2. The van der Waals surface area contributed by atoms with Crippen LogP contribution >= 0.6 is 0 Å². The first-order valence-electron chi connectivity index (χ1n) is 6.96. The SMILES string of the molecule is CC1(NC(=O)O/N=C2\C(=O)Nc3ccccc32)CCS(=O)(=O)C1. The molecule has 0 bridgehead atoms. The fourth-order valence-electron chi connectivity index (χ4n) is 2.66. The Labute approximate surface area is 132 Å². The lowest BCUT2D eigenvalue weighted by atomic mass is 10.0. The van der Waals surface area contributed by atoms with Crippen LogP contribution < -0.4 is 10.6 Å². The average Bonchev–Trinajstić information content (AvgIpc) is 2.92. The van der Waals surface area contributed by atoms with Crippen molar-refractivity contribution >= 4 is 33.2 Å². The number of benzene rings is 1. The Morgan fingerprint density at radius 3 is 2.83 bits per heavy atom. The molecule has 0 spiro atoms. The molecule has 1 saturated heterocycles. The van der Waals surface area contributed by atoms with E-state index in [0.717, 1.165) is 0 Å². The molecular formula is C14H15N3O5S. The molecule has 2 heterocycles. The molecule has 0 aromatic heterocycles. The fourth-order valence-corrected chi connectivity index (χ4v) is 4.75. The van der Waals surface area contributed by atoms with Crippen molar-refractivity contribution in [2.75, 3.05) is 16.8 Å². The first kappa shape index (κ1) is 15.5. The van der Waals surface area contributed by atoms with Crippen LogP contribution in [0.2, 0.25) is 0 Å². The normalized spacial score (nSPS) is 26.7. The molecule has 1 unspecified atom stereocenters. The number of nitrogens with zero attached hydrogens (tertiary/aromatic N) is 1. The van der Waals surface area contributed by atoms with E-state index in [1.807, 2.05) is 0 Å². The van der Waals surface area contributed by atoms with Crippen LogP contribution in [0.3, 0.4) is 0 Å². The predicted octanol–water partition coefficient (Wildman–Crippen LogP) is 0.646. The van der Waals surface area contributed by atoms with Crippen LogP contribution in [-0.4, -0.2) is 43.2 Å². The average molecular weight is 337 g/mol. The fraction of sp³-hybridized carbons (Fsp3) is 0.357. The minimum absolute atomic E-state index is 0.0000495. The molecule has 0 saturated carbocycles. The maximum atomic E-state index is 11.8. The monoisotopic (exact) mass is 337 g/mol. The zero-order chi connectivity index (χ0) is 16.7. The van der Waals surface area contributed by atoms with Crippen molar-refractivity contribution in [2.45, 2.75) is 18.9 Å². The van der Waals surface area contributed by atoms with Crippen molar-refractivity contribution in [3.8, 4) is 0 Å².